The van der Waals surface area contributed by atoms with Crippen molar-refractivity contribution < 1.29 is 138 Å². The fraction of sp³-hybridized carbons (Fsp3) is 0.926. The number of nitrogens with one attached hydrogen (secondary N) is 1. The highest BCUT2D eigenvalue weighted by molar-refractivity contribution is 7.99. The van der Waals surface area contributed by atoms with Crippen LogP contribution in [0.15, 0.2) is 0 Å². The van der Waals surface area contributed by atoms with E-state index >= 15 is 0 Å². The summed E-state index contributed by atoms with van der Waals surface area (Å²) in [7, 11) is 3.10. The molecule has 1 unspecified atom stereocenters. The maximum atomic E-state index is 14.2. The van der Waals surface area contributed by atoms with Crippen LogP contribution in [0.5, 0.6) is 0 Å². The van der Waals surface area contributed by atoms with Gasteiger partial charge in [-0.05, 0) is 5.75 Å². The van der Waals surface area contributed by atoms with Crippen molar-refractivity contribution in [3.05, 3.63) is 0 Å². The summed E-state index contributed by atoms with van der Waals surface area (Å²) >= 11 is -0.199. The Hall–Kier alpha value is -2.48. The minimum Gasteiger partial charge on any atom is -0.477 e. The van der Waals surface area contributed by atoms with Gasteiger partial charge in [-0.3, -0.25) is 4.79 Å². The Morgan fingerprint density at radius 3 is 1.18 bits per heavy atom. The highest BCUT2D eigenvalue weighted by Gasteiger charge is 3.00. The van der Waals surface area contributed by atoms with Gasteiger partial charge in [-0.15, -0.1) is 0 Å². The van der Waals surface area contributed by atoms with Gasteiger partial charge >= 0.3 is 83.2 Å². The first kappa shape index (κ1) is 57.5. The lowest BCUT2D eigenvalue weighted by Crippen LogP contribution is -2.78. The molecule has 0 bridgehead atoms. The van der Waals surface area contributed by atoms with Crippen LogP contribution >= 0.6 is 11.8 Å². The molecule has 5 nitrogen and oxygen atoms in total. The van der Waals surface area contributed by atoms with E-state index in [1.807, 2.05) is 0 Å². The van der Waals surface area contributed by atoms with Gasteiger partial charge in [0.2, 0.25) is 0 Å². The first-order chi connectivity index (χ1) is 25.9. The van der Waals surface area contributed by atoms with E-state index in [9.17, 15) is 128 Å². The maximum absolute atomic E-state index is 14.2. The van der Waals surface area contributed by atoms with Crippen molar-refractivity contribution in [3.63, 3.8) is 0 Å². The Morgan fingerprint density at radius 1 is 0.550 bits per heavy atom. The van der Waals surface area contributed by atoms with Gasteiger partial charge < -0.3 is 14.9 Å². The molecule has 0 saturated carbocycles. The number of quaternary nitrogens is 1. The number of carbonyl (C=O) groups is 2. The van der Waals surface area contributed by atoms with Crippen LogP contribution in [-0.4, -0.2) is 150 Å². The molecule has 0 aliphatic carbocycles. The summed E-state index contributed by atoms with van der Waals surface area (Å²) < 4.78 is 369. The zero-order chi connectivity index (χ0) is 48.8. The number of carboxylic acids is 1. The topological polar surface area (TPSA) is 66.4 Å². The van der Waals surface area contributed by atoms with Gasteiger partial charge in [0.15, 0.2) is 6.54 Å². The number of halogens is 27. The Bertz CT molecular complexity index is 1500. The van der Waals surface area contributed by atoms with E-state index in [2.05, 4.69) is 5.32 Å². The molecule has 0 rings (SSSR count). The number of aliphatic carboxylic acids is 1. The zero-order valence-corrected chi connectivity index (χ0v) is 30.4. The Balaban J connectivity index is 6.34. The van der Waals surface area contributed by atoms with Gasteiger partial charge in [0, 0.05) is 31.8 Å². The molecule has 358 valence electrons. The molecule has 0 aromatic heterocycles. The van der Waals surface area contributed by atoms with E-state index in [-0.39, 0.29) is 42.4 Å². The number of likely N-dealkylation sites (N-methyl/N-ethyl adjacent to an activating group) is 1. The van der Waals surface area contributed by atoms with E-state index in [1.165, 1.54) is 0 Å². The molecule has 0 spiro atoms. The molecule has 0 saturated heterocycles. The van der Waals surface area contributed by atoms with Crippen molar-refractivity contribution in [2.75, 3.05) is 51.8 Å². The van der Waals surface area contributed by atoms with Crippen LogP contribution in [0.1, 0.15) is 19.8 Å². The van der Waals surface area contributed by atoms with Crippen molar-refractivity contribution >= 4 is 23.5 Å². The van der Waals surface area contributed by atoms with Crippen LogP contribution in [0, 0.1) is 5.92 Å². The summed E-state index contributed by atoms with van der Waals surface area (Å²) in [5.74, 6) is -116. The molecular formula is C27H28F27N2O3S+. The third-order valence-corrected chi connectivity index (χ3v) is 9.23. The van der Waals surface area contributed by atoms with Crippen LogP contribution in [0.4, 0.5) is 119 Å². The summed E-state index contributed by atoms with van der Waals surface area (Å²) in [6.45, 7) is 1.11. The number of carboxylic acid groups (broad SMARTS) is 1. The smallest absolute Gasteiger partial charge is 0.460 e. The van der Waals surface area contributed by atoms with Crippen molar-refractivity contribution in [2.24, 2.45) is 5.92 Å². The van der Waals surface area contributed by atoms with E-state index in [1.54, 1.807) is 14.1 Å². The molecule has 2 N–H and O–H groups in total. The molecule has 0 heterocycles. The molecule has 33 heteroatoms. The van der Waals surface area contributed by atoms with Gasteiger partial charge in [0.25, 0.3) is 0 Å². The van der Waals surface area contributed by atoms with Crippen LogP contribution in [-0.2, 0) is 9.59 Å². The highest BCUT2D eigenvalue weighted by Crippen LogP contribution is 2.68. The molecule has 60 heavy (non-hydrogen) atoms. The minimum absolute atomic E-state index is 0.0168. The predicted octanol–water partition coefficient (Wildman–Crippen LogP) is 9.64. The average Bonchev–Trinajstić information content (AvgIpc) is 3.03. The number of alkyl halides is 27. The number of hydrogen-bond donors (Lipinski definition) is 2. The summed E-state index contributed by atoms with van der Waals surface area (Å²) in [6.07, 6.45) is -10.9. The summed E-state index contributed by atoms with van der Waals surface area (Å²) in [5, 5.41) is 11.5. The normalized spacial score (nSPS) is 16.3. The molecule has 0 aliphatic rings. The predicted molar refractivity (Wildman–Crippen MR) is 148 cm³/mol. The quantitative estimate of drug-likeness (QED) is 0.0543. The molecule has 0 fully saturated rings. The van der Waals surface area contributed by atoms with Crippen LogP contribution in [0.25, 0.3) is 0 Å². The summed E-state index contributed by atoms with van der Waals surface area (Å²) in [5.41, 5.74) is 0. The molecule has 0 amide bonds. The van der Waals surface area contributed by atoms with Crippen molar-refractivity contribution in [1.29, 1.82) is 0 Å². The molecular weight excluding hydrogens is 945 g/mol. The van der Waals surface area contributed by atoms with E-state index in [4.69, 9.17) is 5.11 Å². The SMILES string of the molecule is CC(CNCCC[N+](C)(C)CC(=O)O)C(=O)CSCCC(F)(F)C(F)(F)C(F)(F)C(F)(F)C(F)(F)C(F)(F)C(F)(F)C(F)(F)C(F)(F)C(F)(F)C(F)(F)C(F)(F)C(F)(F)F. The number of rotatable bonds is 25. The number of Topliss-reactive ketones (excluding diaryl/α,β-unsaturated/α-hetero) is 1. The van der Waals surface area contributed by atoms with E-state index < -0.39 is 113 Å². The standard InChI is InChI=1S/C27H27F27N2O3S/c1-12(9-55-6-4-7-56(2,3)10-14(58)59)13(57)11-60-8-5-15(28,29)16(30,31)17(32,33)18(34,35)19(36,37)20(38,39)21(40,41)22(42,43)23(44,45)24(46,47)25(48,49)26(50,51)27(52,53)54/h12,55H,4-11H2,1-3H3/p+1. The zero-order valence-electron chi connectivity index (χ0n) is 29.6. The largest absolute Gasteiger partial charge is 0.477 e. The van der Waals surface area contributed by atoms with Gasteiger partial charge in [-0.1, -0.05) is 6.92 Å². The van der Waals surface area contributed by atoms with Crippen molar-refractivity contribution in [2.45, 2.75) is 97.0 Å². The molecule has 0 aliphatic heterocycles. The second-order valence-corrected chi connectivity index (χ2v) is 14.6. The minimum atomic E-state index is -9.81. The number of ketones is 1. The van der Waals surface area contributed by atoms with Gasteiger partial charge in [-0.25, -0.2) is 4.79 Å². The first-order valence-corrected chi connectivity index (χ1v) is 16.5. The number of thioether (sulfide) groups is 1. The lowest BCUT2D eigenvalue weighted by molar-refractivity contribution is -0.883. The molecule has 1 atom stereocenters. The first-order valence-electron chi connectivity index (χ1n) is 15.4. The third-order valence-electron chi connectivity index (χ3n) is 8.24. The number of nitrogens with zero attached hydrogens (tertiary/aromatic N) is 1. The monoisotopic (exact) mass is 973 g/mol. The average molecular weight is 974 g/mol. The lowest BCUT2D eigenvalue weighted by Gasteiger charge is -2.46. The van der Waals surface area contributed by atoms with Crippen LogP contribution < -0.4 is 5.32 Å². The van der Waals surface area contributed by atoms with Crippen molar-refractivity contribution in [3.8, 4) is 0 Å². The fourth-order valence-electron chi connectivity index (χ4n) is 4.36. The third kappa shape index (κ3) is 9.54. The summed E-state index contributed by atoms with van der Waals surface area (Å²) in [6, 6.07) is 0. The fourth-order valence-corrected chi connectivity index (χ4v) is 5.40. The van der Waals surface area contributed by atoms with Gasteiger partial charge in [0.1, 0.15) is 5.78 Å². The second-order valence-electron chi connectivity index (χ2n) is 13.5. The van der Waals surface area contributed by atoms with Gasteiger partial charge in [0.05, 0.1) is 26.4 Å². The number of carbonyl (C=O) groups excluding carboxylic acids is 1. The molecule has 0 aromatic rings. The Kier molecular flexibility index (Phi) is 16.5. The van der Waals surface area contributed by atoms with E-state index in [0.717, 1.165) is 6.92 Å². The lowest BCUT2D eigenvalue weighted by atomic mass is 9.84. The Morgan fingerprint density at radius 2 is 0.867 bits per heavy atom. The van der Waals surface area contributed by atoms with Crippen LogP contribution in [0.3, 0.4) is 0 Å². The molecule has 0 radical (unpaired) electrons. The maximum Gasteiger partial charge on any atom is 0.460 e. The highest BCUT2D eigenvalue weighted by atomic mass is 32.2. The molecule has 0 aromatic carbocycles. The number of hydrogen-bond acceptors (Lipinski definition) is 4. The van der Waals surface area contributed by atoms with Crippen molar-refractivity contribution in [1.82, 2.24) is 5.32 Å². The summed E-state index contributed by atoms with van der Waals surface area (Å²) in [4.78, 5) is 22.9. The van der Waals surface area contributed by atoms with E-state index in [0.29, 0.717) is 6.42 Å². The van der Waals surface area contributed by atoms with Crippen LogP contribution in [0.2, 0.25) is 0 Å². The second kappa shape index (κ2) is 17.2. The van der Waals surface area contributed by atoms with Gasteiger partial charge in [-0.2, -0.15) is 130 Å². The Labute approximate surface area is 321 Å².